The van der Waals surface area contributed by atoms with Crippen LogP contribution in [0.5, 0.6) is 0 Å². The number of benzene rings is 3. The van der Waals surface area contributed by atoms with Crippen LogP contribution >= 0.6 is 11.6 Å². The molecule has 0 bridgehead atoms. The van der Waals surface area contributed by atoms with Crippen LogP contribution in [-0.4, -0.2) is 29.9 Å². The number of urea groups is 1. The Kier molecular flexibility index (Phi) is 5.73. The van der Waals surface area contributed by atoms with Gasteiger partial charge in [-0.1, -0.05) is 48.0 Å². The number of nitrogens with one attached hydrogen (secondary N) is 1. The number of para-hydroxylation sites is 2. The number of hydrogen-bond donors (Lipinski definition) is 1. The molecule has 2 aliphatic heterocycles. The SMILES string of the molecule is O=C(Nc1c(F)cccc1F)N1CCC2(CC1)C(=O)N(c1ccccc1)C2c1ccc(Cl)cc1. The smallest absolute Gasteiger partial charge is 0.322 e. The van der Waals surface area contributed by atoms with Gasteiger partial charge in [0, 0.05) is 23.8 Å². The maximum atomic E-state index is 14.0. The molecule has 0 aromatic heterocycles. The summed E-state index contributed by atoms with van der Waals surface area (Å²) in [5.74, 6) is -1.66. The first-order chi connectivity index (χ1) is 16.4. The fraction of sp³-hybridized carbons (Fsp3) is 0.231. The zero-order valence-corrected chi connectivity index (χ0v) is 18.9. The number of amides is 3. The molecule has 8 heteroatoms. The summed E-state index contributed by atoms with van der Waals surface area (Å²) in [6.45, 7) is 0.584. The molecular formula is C26H22ClF2N3O2. The van der Waals surface area contributed by atoms with Gasteiger partial charge in [-0.05, 0) is 54.8 Å². The number of piperidine rings is 1. The van der Waals surface area contributed by atoms with Gasteiger partial charge in [-0.3, -0.25) is 4.79 Å². The normalized spacial score (nSPS) is 19.1. The molecule has 0 saturated carbocycles. The van der Waals surface area contributed by atoms with Crippen molar-refractivity contribution in [2.75, 3.05) is 23.3 Å². The second-order valence-corrected chi connectivity index (χ2v) is 9.07. The molecule has 1 N–H and O–H groups in total. The lowest BCUT2D eigenvalue weighted by Gasteiger charge is -2.59. The van der Waals surface area contributed by atoms with E-state index in [1.54, 1.807) is 4.90 Å². The maximum absolute atomic E-state index is 14.0. The number of likely N-dealkylation sites (tertiary alicyclic amines) is 1. The molecule has 3 amide bonds. The molecule has 0 aliphatic carbocycles. The van der Waals surface area contributed by atoms with E-state index in [-0.39, 0.29) is 11.9 Å². The number of anilines is 2. The third-order valence-electron chi connectivity index (χ3n) is 6.78. The summed E-state index contributed by atoms with van der Waals surface area (Å²) in [7, 11) is 0. The van der Waals surface area contributed by atoms with Gasteiger partial charge in [-0.25, -0.2) is 13.6 Å². The molecule has 5 rings (SSSR count). The quantitative estimate of drug-likeness (QED) is 0.465. The number of β-lactam (4-membered cyclic amide) rings is 1. The number of carbonyl (C=O) groups is 2. The molecule has 2 heterocycles. The Hall–Kier alpha value is -3.45. The van der Waals surface area contributed by atoms with Gasteiger partial charge in [0.2, 0.25) is 5.91 Å². The average Bonchev–Trinajstić information content (AvgIpc) is 2.86. The topological polar surface area (TPSA) is 52.7 Å². The molecular weight excluding hydrogens is 460 g/mol. The van der Waals surface area contributed by atoms with Crippen LogP contribution in [0.4, 0.5) is 25.0 Å². The van der Waals surface area contributed by atoms with Gasteiger partial charge in [0.05, 0.1) is 11.5 Å². The molecule has 1 atom stereocenters. The largest absolute Gasteiger partial charge is 0.324 e. The molecule has 5 nitrogen and oxygen atoms in total. The van der Waals surface area contributed by atoms with Crippen LogP contribution in [0.1, 0.15) is 24.4 Å². The number of rotatable bonds is 3. The van der Waals surface area contributed by atoms with Crippen molar-refractivity contribution in [3.05, 3.63) is 95.0 Å². The van der Waals surface area contributed by atoms with Crippen molar-refractivity contribution >= 4 is 34.9 Å². The van der Waals surface area contributed by atoms with E-state index in [1.165, 1.54) is 11.0 Å². The van der Waals surface area contributed by atoms with E-state index in [2.05, 4.69) is 5.32 Å². The predicted molar refractivity (Wildman–Crippen MR) is 127 cm³/mol. The van der Waals surface area contributed by atoms with E-state index >= 15 is 0 Å². The fourth-order valence-corrected chi connectivity index (χ4v) is 5.15. The summed E-state index contributed by atoms with van der Waals surface area (Å²) < 4.78 is 27.9. The van der Waals surface area contributed by atoms with Crippen LogP contribution in [0.15, 0.2) is 72.8 Å². The Bertz CT molecular complexity index is 1210. The number of halogens is 3. The molecule has 0 radical (unpaired) electrons. The van der Waals surface area contributed by atoms with Gasteiger partial charge in [0.15, 0.2) is 0 Å². The van der Waals surface area contributed by atoms with Gasteiger partial charge < -0.3 is 15.1 Å². The summed E-state index contributed by atoms with van der Waals surface area (Å²) in [5.41, 5.74) is 0.651. The summed E-state index contributed by atoms with van der Waals surface area (Å²) in [4.78, 5) is 29.5. The first kappa shape index (κ1) is 22.3. The van der Waals surface area contributed by atoms with Crippen molar-refractivity contribution < 1.29 is 18.4 Å². The van der Waals surface area contributed by atoms with Gasteiger partial charge in [-0.15, -0.1) is 0 Å². The third-order valence-corrected chi connectivity index (χ3v) is 7.04. The lowest BCUT2D eigenvalue weighted by Crippen LogP contribution is -2.67. The van der Waals surface area contributed by atoms with E-state index in [9.17, 15) is 18.4 Å². The van der Waals surface area contributed by atoms with E-state index in [0.29, 0.717) is 31.0 Å². The highest BCUT2D eigenvalue weighted by Crippen LogP contribution is 2.57. The van der Waals surface area contributed by atoms with Crippen molar-refractivity contribution in [1.82, 2.24) is 4.90 Å². The molecule has 2 saturated heterocycles. The first-order valence-corrected chi connectivity index (χ1v) is 11.4. The fourth-order valence-electron chi connectivity index (χ4n) is 5.02. The molecule has 2 aliphatic rings. The summed E-state index contributed by atoms with van der Waals surface area (Å²) >= 11 is 6.09. The Labute approximate surface area is 200 Å². The minimum atomic E-state index is -0.836. The maximum Gasteiger partial charge on any atom is 0.322 e. The Balaban J connectivity index is 1.37. The van der Waals surface area contributed by atoms with Crippen molar-refractivity contribution in [2.24, 2.45) is 5.41 Å². The van der Waals surface area contributed by atoms with Crippen LogP contribution in [0.25, 0.3) is 0 Å². The van der Waals surface area contributed by atoms with Gasteiger partial charge in [0.25, 0.3) is 0 Å². The standard InChI is InChI=1S/C26H22ClF2N3O2/c27-18-11-9-17(10-12-18)23-26(24(33)32(23)19-5-2-1-3-6-19)13-15-31(16-14-26)25(34)30-22-20(28)7-4-8-21(22)29/h1-12,23H,13-16H2,(H,30,34). The zero-order chi connectivity index (χ0) is 23.9. The van der Waals surface area contributed by atoms with Crippen molar-refractivity contribution in [2.45, 2.75) is 18.9 Å². The van der Waals surface area contributed by atoms with E-state index in [0.717, 1.165) is 23.4 Å². The van der Waals surface area contributed by atoms with Gasteiger partial charge in [0.1, 0.15) is 17.3 Å². The average molecular weight is 482 g/mol. The van der Waals surface area contributed by atoms with E-state index in [1.807, 2.05) is 54.6 Å². The molecule has 3 aromatic rings. The monoisotopic (exact) mass is 481 g/mol. The Morgan fingerprint density at radius 2 is 1.53 bits per heavy atom. The number of hydrogen-bond acceptors (Lipinski definition) is 2. The molecule has 2 fully saturated rings. The second kappa shape index (κ2) is 8.72. The minimum Gasteiger partial charge on any atom is -0.324 e. The minimum absolute atomic E-state index is 0.0128. The summed E-state index contributed by atoms with van der Waals surface area (Å²) in [5, 5.41) is 2.95. The molecule has 1 unspecified atom stereocenters. The number of carbonyl (C=O) groups excluding carboxylic acids is 2. The Morgan fingerprint density at radius 3 is 2.15 bits per heavy atom. The highest BCUT2D eigenvalue weighted by atomic mass is 35.5. The third kappa shape index (κ3) is 3.70. The highest BCUT2D eigenvalue weighted by molar-refractivity contribution is 6.30. The van der Waals surface area contributed by atoms with Crippen molar-refractivity contribution in [1.29, 1.82) is 0 Å². The van der Waals surface area contributed by atoms with Crippen LogP contribution in [0.3, 0.4) is 0 Å². The van der Waals surface area contributed by atoms with Crippen molar-refractivity contribution in [3.8, 4) is 0 Å². The van der Waals surface area contributed by atoms with Crippen LogP contribution in [0.2, 0.25) is 5.02 Å². The Morgan fingerprint density at radius 1 is 0.912 bits per heavy atom. The summed E-state index contributed by atoms with van der Waals surface area (Å²) in [6.07, 6.45) is 0.880. The van der Waals surface area contributed by atoms with Crippen LogP contribution in [0, 0.1) is 17.0 Å². The molecule has 34 heavy (non-hydrogen) atoms. The van der Waals surface area contributed by atoms with Crippen LogP contribution < -0.4 is 10.2 Å². The van der Waals surface area contributed by atoms with Gasteiger partial charge in [-0.2, -0.15) is 0 Å². The lowest BCUT2D eigenvalue weighted by molar-refractivity contribution is -0.144. The molecule has 174 valence electrons. The highest BCUT2D eigenvalue weighted by Gasteiger charge is 2.62. The zero-order valence-electron chi connectivity index (χ0n) is 18.2. The first-order valence-electron chi connectivity index (χ1n) is 11.0. The second-order valence-electron chi connectivity index (χ2n) is 8.63. The van der Waals surface area contributed by atoms with Crippen molar-refractivity contribution in [3.63, 3.8) is 0 Å². The molecule has 3 aromatic carbocycles. The predicted octanol–water partition coefficient (Wildman–Crippen LogP) is 6.02. The molecule has 1 spiro atoms. The van der Waals surface area contributed by atoms with E-state index < -0.39 is 28.8 Å². The van der Waals surface area contributed by atoms with Crippen LogP contribution in [-0.2, 0) is 4.79 Å². The van der Waals surface area contributed by atoms with E-state index in [4.69, 9.17) is 11.6 Å². The van der Waals surface area contributed by atoms with Gasteiger partial charge >= 0.3 is 6.03 Å². The summed E-state index contributed by atoms with van der Waals surface area (Å²) in [6, 6.07) is 19.6. The number of nitrogens with zero attached hydrogens (tertiary/aromatic N) is 2. The lowest BCUT2D eigenvalue weighted by atomic mass is 9.62.